The van der Waals surface area contributed by atoms with Crippen LogP contribution in [0.15, 0.2) is 72.8 Å². The highest BCUT2D eigenvalue weighted by molar-refractivity contribution is 6.39. The Hall–Kier alpha value is -2.57. The van der Waals surface area contributed by atoms with Crippen LogP contribution in [0.1, 0.15) is 24.2 Å². The third kappa shape index (κ3) is 7.56. The number of carboxylic acid groups (broad SMARTS) is 1. The molecule has 0 saturated carbocycles. The number of aliphatic hydroxyl groups excluding tert-OH is 1. The number of para-hydroxylation sites is 2. The highest BCUT2D eigenvalue weighted by Gasteiger charge is 2.13. The second-order valence-corrected chi connectivity index (χ2v) is 7.70. The quantitative estimate of drug-likeness (QED) is 0.363. The molecule has 3 aromatic rings. The number of hydrogen-bond acceptors (Lipinski definition) is 4. The van der Waals surface area contributed by atoms with E-state index in [-0.39, 0.29) is 12.5 Å². The van der Waals surface area contributed by atoms with Gasteiger partial charge in [-0.05, 0) is 43.3 Å². The van der Waals surface area contributed by atoms with Crippen molar-refractivity contribution in [1.82, 2.24) is 5.32 Å². The number of aliphatic carboxylic acids is 1. The maximum Gasteiger partial charge on any atom is 0.307 e. The lowest BCUT2D eigenvalue weighted by atomic mass is 10.0. The van der Waals surface area contributed by atoms with E-state index >= 15 is 0 Å². The zero-order valence-electron chi connectivity index (χ0n) is 17.3. The summed E-state index contributed by atoms with van der Waals surface area (Å²) in [5, 5.41) is 25.7. The van der Waals surface area contributed by atoms with Gasteiger partial charge in [0.25, 0.3) is 0 Å². The summed E-state index contributed by atoms with van der Waals surface area (Å²) < 4.78 is 0. The number of nitrogens with one attached hydrogen (secondary N) is 2. The van der Waals surface area contributed by atoms with Crippen molar-refractivity contribution in [2.45, 2.75) is 25.5 Å². The lowest BCUT2D eigenvalue weighted by Crippen LogP contribution is -2.28. The van der Waals surface area contributed by atoms with Gasteiger partial charge in [0.2, 0.25) is 0 Å². The first-order chi connectivity index (χ1) is 14.8. The van der Waals surface area contributed by atoms with Gasteiger partial charge in [-0.15, -0.1) is 0 Å². The molecule has 2 atom stereocenters. The van der Waals surface area contributed by atoms with Crippen molar-refractivity contribution in [2.24, 2.45) is 0 Å². The standard InChI is InChI=1S/C14H11Cl2NO2.C10H15NO/c15-10-5-3-6-11(16)14(10)17-12-7-2-1-4-9(12)8-13(18)19;1-8(11-2)10(12)9-6-4-3-5-7-9/h1-7,17H,8H2,(H,18,19);3-8,10-12H,1-2H3/t;8-,10+/m.1/s1. The summed E-state index contributed by atoms with van der Waals surface area (Å²) in [7, 11) is 1.84. The minimum Gasteiger partial charge on any atom is -0.481 e. The highest BCUT2D eigenvalue weighted by atomic mass is 35.5. The van der Waals surface area contributed by atoms with Crippen molar-refractivity contribution in [3.63, 3.8) is 0 Å². The molecule has 3 rings (SSSR count). The number of benzene rings is 3. The molecule has 7 heteroatoms. The lowest BCUT2D eigenvalue weighted by Gasteiger charge is -2.17. The number of anilines is 2. The van der Waals surface area contributed by atoms with Crippen molar-refractivity contribution in [3.05, 3.63) is 94.0 Å². The van der Waals surface area contributed by atoms with Crippen molar-refractivity contribution in [3.8, 4) is 0 Å². The van der Waals surface area contributed by atoms with Crippen LogP contribution in [0.3, 0.4) is 0 Å². The first-order valence-electron chi connectivity index (χ1n) is 9.74. The molecule has 164 valence electrons. The molecule has 0 unspecified atom stereocenters. The van der Waals surface area contributed by atoms with Gasteiger partial charge in [0.05, 0.1) is 28.3 Å². The summed E-state index contributed by atoms with van der Waals surface area (Å²) in [4.78, 5) is 10.8. The van der Waals surface area contributed by atoms with Crippen LogP contribution < -0.4 is 10.6 Å². The number of rotatable bonds is 7. The van der Waals surface area contributed by atoms with E-state index in [9.17, 15) is 9.90 Å². The average Bonchev–Trinajstić information content (AvgIpc) is 2.77. The number of likely N-dealkylation sites (N-methyl/N-ethyl adjacent to an activating group) is 1. The third-order valence-corrected chi connectivity index (χ3v) is 5.28. The largest absolute Gasteiger partial charge is 0.481 e. The molecule has 0 bridgehead atoms. The molecule has 0 saturated heterocycles. The van der Waals surface area contributed by atoms with Crippen molar-refractivity contribution in [2.75, 3.05) is 12.4 Å². The molecule has 0 aromatic heterocycles. The Balaban J connectivity index is 0.000000245. The lowest BCUT2D eigenvalue weighted by molar-refractivity contribution is -0.136. The summed E-state index contributed by atoms with van der Waals surface area (Å²) in [5.74, 6) is -0.889. The second kappa shape index (κ2) is 12.3. The Kier molecular flexibility index (Phi) is 9.82. The van der Waals surface area contributed by atoms with Crippen LogP contribution in [-0.4, -0.2) is 29.3 Å². The smallest absolute Gasteiger partial charge is 0.307 e. The molecule has 0 heterocycles. The SMILES string of the molecule is CN[C@H](C)[C@H](O)c1ccccc1.O=C(O)Cc1ccccc1Nc1c(Cl)cccc1Cl. The van der Waals surface area contributed by atoms with Gasteiger partial charge in [0.1, 0.15) is 0 Å². The second-order valence-electron chi connectivity index (χ2n) is 6.88. The minimum atomic E-state index is -0.889. The van der Waals surface area contributed by atoms with Crippen LogP contribution in [-0.2, 0) is 11.2 Å². The first-order valence-corrected chi connectivity index (χ1v) is 10.5. The van der Waals surface area contributed by atoms with Crippen LogP contribution in [0.4, 0.5) is 11.4 Å². The molecule has 5 nitrogen and oxygen atoms in total. The van der Waals surface area contributed by atoms with Crippen molar-refractivity contribution >= 4 is 40.5 Å². The zero-order chi connectivity index (χ0) is 22.8. The molecule has 0 radical (unpaired) electrons. The van der Waals surface area contributed by atoms with Gasteiger partial charge in [-0.1, -0.05) is 77.8 Å². The Morgan fingerprint density at radius 1 is 0.935 bits per heavy atom. The van der Waals surface area contributed by atoms with Gasteiger partial charge >= 0.3 is 5.97 Å². The van der Waals surface area contributed by atoms with Gasteiger partial charge in [-0.2, -0.15) is 0 Å². The summed E-state index contributed by atoms with van der Waals surface area (Å²) in [5.41, 5.74) is 2.88. The van der Waals surface area contributed by atoms with E-state index in [4.69, 9.17) is 28.3 Å². The molecule has 4 N–H and O–H groups in total. The van der Waals surface area contributed by atoms with E-state index in [2.05, 4.69) is 10.6 Å². The molecular weight excluding hydrogens is 435 g/mol. The summed E-state index contributed by atoms with van der Waals surface area (Å²) >= 11 is 12.1. The Bertz CT molecular complexity index is 963. The Morgan fingerprint density at radius 2 is 1.52 bits per heavy atom. The van der Waals surface area contributed by atoms with Crippen LogP contribution >= 0.6 is 23.2 Å². The van der Waals surface area contributed by atoms with E-state index < -0.39 is 12.1 Å². The van der Waals surface area contributed by atoms with Crippen LogP contribution in [0.5, 0.6) is 0 Å². The molecule has 0 amide bonds. The number of halogens is 2. The van der Waals surface area contributed by atoms with Gasteiger partial charge < -0.3 is 20.8 Å². The summed E-state index contributed by atoms with van der Waals surface area (Å²) in [6, 6.07) is 22.1. The van der Waals surface area contributed by atoms with Gasteiger partial charge in [0, 0.05) is 11.7 Å². The molecular formula is C24H26Cl2N2O3. The van der Waals surface area contributed by atoms with E-state index in [0.29, 0.717) is 27.0 Å². The average molecular weight is 461 g/mol. The molecule has 0 aliphatic heterocycles. The number of hydrogen-bond donors (Lipinski definition) is 4. The zero-order valence-corrected chi connectivity index (χ0v) is 18.9. The van der Waals surface area contributed by atoms with E-state index in [0.717, 1.165) is 5.56 Å². The van der Waals surface area contributed by atoms with Gasteiger partial charge in [-0.3, -0.25) is 4.79 Å². The van der Waals surface area contributed by atoms with Crippen LogP contribution in [0.25, 0.3) is 0 Å². The summed E-state index contributed by atoms with van der Waals surface area (Å²) in [6.07, 6.45) is -0.484. The van der Waals surface area contributed by atoms with Crippen LogP contribution in [0, 0.1) is 0 Å². The van der Waals surface area contributed by atoms with Crippen molar-refractivity contribution in [1.29, 1.82) is 0 Å². The Morgan fingerprint density at radius 3 is 2.10 bits per heavy atom. The molecule has 0 fully saturated rings. The fraction of sp³-hybridized carbons (Fsp3) is 0.208. The predicted molar refractivity (Wildman–Crippen MR) is 127 cm³/mol. The minimum absolute atomic E-state index is 0.0642. The first kappa shape index (κ1) is 24.7. The maximum atomic E-state index is 10.8. The summed E-state index contributed by atoms with van der Waals surface area (Å²) in [6.45, 7) is 1.96. The van der Waals surface area contributed by atoms with Crippen LogP contribution in [0.2, 0.25) is 10.0 Å². The molecule has 0 aliphatic rings. The molecule has 3 aromatic carbocycles. The maximum absolute atomic E-state index is 10.8. The molecule has 0 spiro atoms. The number of carboxylic acids is 1. The number of aliphatic hydroxyl groups is 1. The van der Waals surface area contributed by atoms with Gasteiger partial charge in [-0.25, -0.2) is 0 Å². The highest BCUT2D eigenvalue weighted by Crippen LogP contribution is 2.33. The third-order valence-electron chi connectivity index (χ3n) is 4.65. The topological polar surface area (TPSA) is 81.6 Å². The predicted octanol–water partition coefficient (Wildman–Crippen LogP) is 5.69. The fourth-order valence-corrected chi connectivity index (χ4v) is 3.30. The molecule has 31 heavy (non-hydrogen) atoms. The van der Waals surface area contributed by atoms with Gasteiger partial charge in [0.15, 0.2) is 0 Å². The molecule has 0 aliphatic carbocycles. The van der Waals surface area contributed by atoms with E-state index in [1.807, 2.05) is 50.4 Å². The van der Waals surface area contributed by atoms with E-state index in [1.54, 1.807) is 36.4 Å². The van der Waals surface area contributed by atoms with Crippen molar-refractivity contribution < 1.29 is 15.0 Å². The number of carbonyl (C=O) groups is 1. The Labute approximate surface area is 192 Å². The van der Waals surface area contributed by atoms with E-state index in [1.165, 1.54) is 0 Å². The monoisotopic (exact) mass is 460 g/mol. The fourth-order valence-electron chi connectivity index (χ4n) is 2.81. The normalized spacial score (nSPS) is 12.3.